The summed E-state index contributed by atoms with van der Waals surface area (Å²) >= 11 is 6.03. The molecule has 0 spiro atoms. The van der Waals surface area contributed by atoms with Gasteiger partial charge in [0.25, 0.3) is 0 Å². The van der Waals surface area contributed by atoms with Gasteiger partial charge in [-0.25, -0.2) is 0 Å². The number of hydrogen-bond donors (Lipinski definition) is 1. The van der Waals surface area contributed by atoms with E-state index in [4.69, 9.17) is 11.6 Å². The summed E-state index contributed by atoms with van der Waals surface area (Å²) in [6.07, 6.45) is 3.67. The third-order valence-corrected chi connectivity index (χ3v) is 2.84. The maximum absolute atomic E-state index is 6.03. The molecule has 88 valence electrons. The number of hydrogen-bond acceptors (Lipinski definition) is 2. The van der Waals surface area contributed by atoms with E-state index in [2.05, 4.69) is 29.4 Å². The predicted molar refractivity (Wildman–Crippen MR) is 71.2 cm³/mol. The van der Waals surface area contributed by atoms with E-state index in [-0.39, 0.29) is 6.04 Å². The molecule has 0 saturated carbocycles. The molecule has 1 unspecified atom stereocenters. The molecule has 2 nitrogen and oxygen atoms in total. The van der Waals surface area contributed by atoms with Crippen LogP contribution in [0.5, 0.6) is 0 Å². The number of aromatic nitrogens is 1. The Morgan fingerprint density at radius 3 is 2.71 bits per heavy atom. The normalized spacial score (nSPS) is 12.4. The second-order valence-electron chi connectivity index (χ2n) is 3.83. The quantitative estimate of drug-likeness (QED) is 0.894. The summed E-state index contributed by atoms with van der Waals surface area (Å²) in [4.78, 5) is 4.16. The van der Waals surface area contributed by atoms with Crippen molar-refractivity contribution in [3.8, 4) is 0 Å². The standard InChI is InChI=1S/C14H15ClN2/c1-2-17-14(12-6-4-8-16-10-12)11-5-3-7-13(15)9-11/h3-10,14,17H,2H2,1H3. The van der Waals surface area contributed by atoms with Crippen molar-refractivity contribution < 1.29 is 0 Å². The molecular weight excluding hydrogens is 232 g/mol. The molecule has 1 heterocycles. The summed E-state index contributed by atoms with van der Waals surface area (Å²) in [6, 6.07) is 12.1. The van der Waals surface area contributed by atoms with E-state index in [1.807, 2.05) is 30.5 Å². The van der Waals surface area contributed by atoms with Gasteiger partial charge in [0.2, 0.25) is 0 Å². The molecule has 1 N–H and O–H groups in total. The van der Waals surface area contributed by atoms with Crippen molar-refractivity contribution in [2.45, 2.75) is 13.0 Å². The highest BCUT2D eigenvalue weighted by atomic mass is 35.5. The van der Waals surface area contributed by atoms with Crippen LogP contribution in [0.2, 0.25) is 5.02 Å². The van der Waals surface area contributed by atoms with Gasteiger partial charge in [0.05, 0.1) is 6.04 Å². The molecule has 1 atom stereocenters. The first kappa shape index (κ1) is 12.1. The lowest BCUT2D eigenvalue weighted by molar-refractivity contribution is 0.629. The first-order valence-corrected chi connectivity index (χ1v) is 6.08. The highest BCUT2D eigenvalue weighted by Crippen LogP contribution is 2.23. The van der Waals surface area contributed by atoms with E-state index < -0.39 is 0 Å². The van der Waals surface area contributed by atoms with Crippen molar-refractivity contribution in [2.24, 2.45) is 0 Å². The Kier molecular flexibility index (Phi) is 4.13. The minimum atomic E-state index is 0.146. The Morgan fingerprint density at radius 1 is 1.24 bits per heavy atom. The summed E-state index contributed by atoms with van der Waals surface area (Å²) in [7, 11) is 0. The van der Waals surface area contributed by atoms with Gasteiger partial charge < -0.3 is 5.32 Å². The second-order valence-corrected chi connectivity index (χ2v) is 4.27. The molecule has 3 heteroatoms. The van der Waals surface area contributed by atoms with Crippen LogP contribution in [0.4, 0.5) is 0 Å². The molecule has 0 fully saturated rings. The van der Waals surface area contributed by atoms with E-state index in [0.29, 0.717) is 0 Å². The average Bonchev–Trinajstić information content (AvgIpc) is 2.37. The number of halogens is 1. The summed E-state index contributed by atoms with van der Waals surface area (Å²) < 4.78 is 0. The molecule has 0 radical (unpaired) electrons. The number of pyridine rings is 1. The number of nitrogens with zero attached hydrogens (tertiary/aromatic N) is 1. The highest BCUT2D eigenvalue weighted by molar-refractivity contribution is 6.30. The summed E-state index contributed by atoms with van der Waals surface area (Å²) in [5.74, 6) is 0. The SMILES string of the molecule is CCNC(c1cccnc1)c1cccc(Cl)c1. The molecule has 0 aliphatic carbocycles. The minimum Gasteiger partial charge on any atom is -0.306 e. The van der Waals surface area contributed by atoms with Gasteiger partial charge in [0, 0.05) is 17.4 Å². The number of rotatable bonds is 4. The van der Waals surface area contributed by atoms with Crippen LogP contribution in [0.25, 0.3) is 0 Å². The zero-order valence-corrected chi connectivity index (χ0v) is 10.5. The average molecular weight is 247 g/mol. The summed E-state index contributed by atoms with van der Waals surface area (Å²) in [6.45, 7) is 2.99. The first-order valence-electron chi connectivity index (χ1n) is 5.70. The Balaban J connectivity index is 2.35. The fourth-order valence-corrected chi connectivity index (χ4v) is 2.06. The Labute approximate surface area is 107 Å². The van der Waals surface area contributed by atoms with E-state index >= 15 is 0 Å². The summed E-state index contributed by atoms with van der Waals surface area (Å²) in [5, 5.41) is 4.20. The number of benzene rings is 1. The molecule has 0 aliphatic heterocycles. The molecular formula is C14H15ClN2. The van der Waals surface area contributed by atoms with Crippen molar-refractivity contribution in [2.75, 3.05) is 6.54 Å². The fraction of sp³-hybridized carbons (Fsp3) is 0.214. The molecule has 1 aromatic heterocycles. The van der Waals surface area contributed by atoms with Crippen molar-refractivity contribution in [3.05, 3.63) is 64.9 Å². The molecule has 2 rings (SSSR count). The maximum atomic E-state index is 6.03. The molecule has 1 aromatic carbocycles. The zero-order valence-electron chi connectivity index (χ0n) is 9.73. The van der Waals surface area contributed by atoms with Crippen LogP contribution in [-0.4, -0.2) is 11.5 Å². The van der Waals surface area contributed by atoms with Crippen LogP contribution in [0.15, 0.2) is 48.8 Å². The predicted octanol–water partition coefficient (Wildman–Crippen LogP) is 3.43. The lowest BCUT2D eigenvalue weighted by Crippen LogP contribution is -2.22. The largest absolute Gasteiger partial charge is 0.306 e. The zero-order chi connectivity index (χ0) is 12.1. The van der Waals surface area contributed by atoms with Gasteiger partial charge in [-0.05, 0) is 35.9 Å². The third kappa shape index (κ3) is 3.05. The van der Waals surface area contributed by atoms with Crippen LogP contribution in [0, 0.1) is 0 Å². The van der Waals surface area contributed by atoms with Crippen molar-refractivity contribution >= 4 is 11.6 Å². The monoisotopic (exact) mass is 246 g/mol. The highest BCUT2D eigenvalue weighted by Gasteiger charge is 2.12. The van der Waals surface area contributed by atoms with E-state index in [1.54, 1.807) is 6.20 Å². The van der Waals surface area contributed by atoms with Crippen molar-refractivity contribution in [1.29, 1.82) is 0 Å². The van der Waals surface area contributed by atoms with Gasteiger partial charge in [0.1, 0.15) is 0 Å². The van der Waals surface area contributed by atoms with Gasteiger partial charge >= 0.3 is 0 Å². The molecule has 2 aromatic rings. The van der Waals surface area contributed by atoms with Gasteiger partial charge in [-0.15, -0.1) is 0 Å². The van der Waals surface area contributed by atoms with E-state index in [9.17, 15) is 0 Å². The molecule has 0 amide bonds. The lowest BCUT2D eigenvalue weighted by atomic mass is 10.0. The summed E-state index contributed by atoms with van der Waals surface area (Å²) in [5.41, 5.74) is 2.31. The van der Waals surface area contributed by atoms with Gasteiger partial charge in [-0.3, -0.25) is 4.98 Å². The van der Waals surface area contributed by atoms with Crippen LogP contribution in [0.3, 0.4) is 0 Å². The van der Waals surface area contributed by atoms with E-state index in [1.165, 1.54) is 0 Å². The van der Waals surface area contributed by atoms with Gasteiger partial charge in [-0.2, -0.15) is 0 Å². The fourth-order valence-electron chi connectivity index (χ4n) is 1.87. The molecule has 0 bridgehead atoms. The maximum Gasteiger partial charge on any atom is 0.0592 e. The Bertz CT molecular complexity index is 471. The van der Waals surface area contributed by atoms with Crippen molar-refractivity contribution in [1.82, 2.24) is 10.3 Å². The topological polar surface area (TPSA) is 24.9 Å². The van der Waals surface area contributed by atoms with Crippen LogP contribution in [0.1, 0.15) is 24.1 Å². The van der Waals surface area contributed by atoms with Crippen LogP contribution in [-0.2, 0) is 0 Å². The smallest absolute Gasteiger partial charge is 0.0592 e. The minimum absolute atomic E-state index is 0.146. The molecule has 0 aliphatic rings. The van der Waals surface area contributed by atoms with Crippen LogP contribution >= 0.6 is 11.6 Å². The van der Waals surface area contributed by atoms with Gasteiger partial charge in [-0.1, -0.05) is 36.7 Å². The molecule has 0 saturated heterocycles. The van der Waals surface area contributed by atoms with Crippen LogP contribution < -0.4 is 5.32 Å². The first-order chi connectivity index (χ1) is 8.31. The second kappa shape index (κ2) is 5.80. The van der Waals surface area contributed by atoms with E-state index in [0.717, 1.165) is 22.7 Å². The molecule has 17 heavy (non-hydrogen) atoms. The Morgan fingerprint density at radius 2 is 2.06 bits per heavy atom. The van der Waals surface area contributed by atoms with Gasteiger partial charge in [0.15, 0.2) is 0 Å². The third-order valence-electron chi connectivity index (χ3n) is 2.61. The lowest BCUT2D eigenvalue weighted by Gasteiger charge is -2.18. The number of nitrogens with one attached hydrogen (secondary N) is 1. The Hall–Kier alpha value is -1.38. The van der Waals surface area contributed by atoms with Crippen molar-refractivity contribution in [3.63, 3.8) is 0 Å².